The number of nitrogens with one attached hydrogen (secondary N) is 1. The minimum Gasteiger partial charge on any atom is -0.479 e. The van der Waals surface area contributed by atoms with E-state index in [0.717, 1.165) is 0 Å². The molecule has 1 heterocycles. The van der Waals surface area contributed by atoms with Crippen molar-refractivity contribution in [2.24, 2.45) is 5.92 Å². The van der Waals surface area contributed by atoms with E-state index in [4.69, 9.17) is 0 Å². The Morgan fingerprint density at radius 3 is 2.62 bits per heavy atom. The number of rotatable bonds is 6. The maximum atomic E-state index is 12.0. The van der Waals surface area contributed by atoms with Crippen LogP contribution in [0.2, 0.25) is 0 Å². The van der Waals surface area contributed by atoms with Crippen LogP contribution in [-0.2, 0) is 14.3 Å². The Kier molecular flexibility index (Phi) is 6.16. The first-order valence-electron chi connectivity index (χ1n) is 6.22. The van der Waals surface area contributed by atoms with Crippen molar-refractivity contribution < 1.29 is 24.2 Å². The van der Waals surface area contributed by atoms with E-state index < -0.39 is 29.9 Å². The third kappa shape index (κ3) is 4.75. The minimum absolute atomic E-state index is 0.134. The molecule has 0 fully saturated rings. The molecule has 116 valence electrons. The average molecular weight is 314 g/mol. The van der Waals surface area contributed by atoms with Gasteiger partial charge in [-0.05, 0) is 11.4 Å². The molecule has 2 N–H and O–H groups in total. The van der Waals surface area contributed by atoms with Gasteiger partial charge in [-0.2, -0.15) is 0 Å². The third-order valence-corrected chi connectivity index (χ3v) is 3.78. The summed E-state index contributed by atoms with van der Waals surface area (Å²) in [5.41, 5.74) is 0. The van der Waals surface area contributed by atoms with E-state index in [1.807, 2.05) is 0 Å². The Hall–Kier alpha value is -2.09. The Morgan fingerprint density at radius 1 is 1.48 bits per heavy atom. The van der Waals surface area contributed by atoms with Crippen LogP contribution in [0.5, 0.6) is 0 Å². The maximum Gasteiger partial charge on any atom is 0.331 e. The highest BCUT2D eigenvalue weighted by Crippen LogP contribution is 2.19. The summed E-state index contributed by atoms with van der Waals surface area (Å²) in [4.78, 5) is 36.3. The number of hydrogen-bond acceptors (Lipinski definition) is 5. The quantitative estimate of drug-likeness (QED) is 0.772. The first-order chi connectivity index (χ1) is 9.86. The monoisotopic (exact) mass is 314 g/mol. The molecule has 1 aromatic rings. The molecule has 0 saturated heterocycles. The molecule has 0 spiro atoms. The summed E-state index contributed by atoms with van der Waals surface area (Å²) in [7, 11) is 2.76. The number of urea groups is 1. The second-order valence-corrected chi connectivity index (χ2v) is 5.52. The van der Waals surface area contributed by atoms with Gasteiger partial charge in [-0.25, -0.2) is 9.59 Å². The average Bonchev–Trinajstić information content (AvgIpc) is 2.96. The van der Waals surface area contributed by atoms with E-state index in [-0.39, 0.29) is 6.54 Å². The third-order valence-electron chi connectivity index (χ3n) is 2.84. The summed E-state index contributed by atoms with van der Waals surface area (Å²) >= 11 is 1.25. The van der Waals surface area contributed by atoms with Gasteiger partial charge in [0.2, 0.25) is 0 Å². The Labute approximate surface area is 126 Å². The van der Waals surface area contributed by atoms with E-state index in [9.17, 15) is 19.5 Å². The second-order valence-electron chi connectivity index (χ2n) is 4.54. The number of aliphatic carboxylic acids is 1. The summed E-state index contributed by atoms with van der Waals surface area (Å²) in [6.45, 7) is 1.76. The van der Waals surface area contributed by atoms with Crippen LogP contribution in [0.15, 0.2) is 17.5 Å². The molecule has 2 atom stereocenters. The Bertz CT molecular complexity index is 503. The zero-order chi connectivity index (χ0) is 16.0. The minimum atomic E-state index is -1.14. The lowest BCUT2D eigenvalue weighted by molar-refractivity contribution is -0.145. The highest BCUT2D eigenvalue weighted by Gasteiger charge is 2.26. The largest absolute Gasteiger partial charge is 0.479 e. The van der Waals surface area contributed by atoms with Crippen molar-refractivity contribution in [1.29, 1.82) is 0 Å². The van der Waals surface area contributed by atoms with E-state index in [0.29, 0.717) is 4.88 Å². The molecule has 0 saturated carbocycles. The van der Waals surface area contributed by atoms with Gasteiger partial charge in [0.15, 0.2) is 6.04 Å². The van der Waals surface area contributed by atoms with Crippen LogP contribution in [-0.4, -0.2) is 48.7 Å². The fourth-order valence-corrected chi connectivity index (χ4v) is 2.48. The fraction of sp³-hybridized carbons (Fsp3) is 0.462. The molecule has 2 unspecified atom stereocenters. The molecule has 0 aliphatic heterocycles. The number of nitrogens with zero attached hydrogens (tertiary/aromatic N) is 1. The molecular formula is C13H18N2O5S. The fourth-order valence-electron chi connectivity index (χ4n) is 1.71. The summed E-state index contributed by atoms with van der Waals surface area (Å²) in [6.07, 6.45) is 0. The normalized spacial score (nSPS) is 13.1. The molecule has 1 aromatic heterocycles. The van der Waals surface area contributed by atoms with E-state index in [1.165, 1.54) is 30.4 Å². The van der Waals surface area contributed by atoms with Crippen LogP contribution < -0.4 is 5.32 Å². The molecule has 0 aliphatic carbocycles. The first kappa shape index (κ1) is 17.0. The number of ether oxygens (including phenoxy) is 1. The van der Waals surface area contributed by atoms with Gasteiger partial charge in [0.05, 0.1) is 13.0 Å². The topological polar surface area (TPSA) is 95.9 Å². The number of carboxylic acids is 1. The first-order valence-corrected chi connectivity index (χ1v) is 7.10. The number of methoxy groups -OCH3 is 1. The van der Waals surface area contributed by atoms with Crippen LogP contribution in [0.4, 0.5) is 4.79 Å². The lowest BCUT2D eigenvalue weighted by Gasteiger charge is -2.22. The van der Waals surface area contributed by atoms with Crippen LogP contribution in [0.1, 0.15) is 17.8 Å². The summed E-state index contributed by atoms with van der Waals surface area (Å²) in [5.74, 6) is -2.06. The van der Waals surface area contributed by atoms with Gasteiger partial charge in [-0.1, -0.05) is 13.0 Å². The van der Waals surface area contributed by atoms with E-state index >= 15 is 0 Å². The molecule has 0 bridgehead atoms. The molecule has 0 radical (unpaired) electrons. The van der Waals surface area contributed by atoms with Gasteiger partial charge >= 0.3 is 18.0 Å². The maximum absolute atomic E-state index is 12.0. The predicted molar refractivity (Wildman–Crippen MR) is 77.0 cm³/mol. The van der Waals surface area contributed by atoms with E-state index in [2.05, 4.69) is 10.1 Å². The van der Waals surface area contributed by atoms with Gasteiger partial charge in [-0.15, -0.1) is 11.3 Å². The van der Waals surface area contributed by atoms with Crippen molar-refractivity contribution in [3.8, 4) is 0 Å². The van der Waals surface area contributed by atoms with Crippen LogP contribution in [0, 0.1) is 5.92 Å². The molecule has 7 nitrogen and oxygen atoms in total. The smallest absolute Gasteiger partial charge is 0.331 e. The zero-order valence-electron chi connectivity index (χ0n) is 12.0. The highest BCUT2D eigenvalue weighted by molar-refractivity contribution is 7.10. The molecular weight excluding hydrogens is 296 g/mol. The molecule has 21 heavy (non-hydrogen) atoms. The van der Waals surface area contributed by atoms with Crippen molar-refractivity contribution in [3.63, 3.8) is 0 Å². The van der Waals surface area contributed by atoms with Crippen molar-refractivity contribution in [3.05, 3.63) is 22.4 Å². The predicted octanol–water partition coefficient (Wildman–Crippen LogP) is 1.32. The van der Waals surface area contributed by atoms with Gasteiger partial charge in [0.25, 0.3) is 0 Å². The molecule has 8 heteroatoms. The van der Waals surface area contributed by atoms with Crippen molar-refractivity contribution >= 4 is 29.3 Å². The van der Waals surface area contributed by atoms with Crippen molar-refractivity contribution in [2.75, 3.05) is 20.7 Å². The van der Waals surface area contributed by atoms with Gasteiger partial charge < -0.3 is 20.1 Å². The molecule has 0 aromatic carbocycles. The number of carbonyl (C=O) groups excluding carboxylic acids is 2. The number of amides is 2. The number of thiophene rings is 1. The number of hydrogen-bond donors (Lipinski definition) is 2. The number of carbonyl (C=O) groups is 3. The second kappa shape index (κ2) is 7.63. The lowest BCUT2D eigenvalue weighted by Crippen LogP contribution is -2.44. The number of esters is 1. The Balaban J connectivity index is 2.65. The van der Waals surface area contributed by atoms with Crippen molar-refractivity contribution in [2.45, 2.75) is 13.0 Å². The zero-order valence-corrected chi connectivity index (χ0v) is 12.8. The standard InChI is InChI=1S/C13H18N2O5S/c1-8(12(18)20-3)7-15(2)13(19)14-10(11(16)17)9-5-4-6-21-9/h4-6,8,10H,7H2,1-3H3,(H,14,19)(H,16,17). The van der Waals surface area contributed by atoms with Crippen LogP contribution in [0.25, 0.3) is 0 Å². The van der Waals surface area contributed by atoms with Gasteiger partial charge in [0, 0.05) is 18.5 Å². The van der Waals surface area contributed by atoms with Crippen LogP contribution in [0.3, 0.4) is 0 Å². The summed E-state index contributed by atoms with van der Waals surface area (Å²) < 4.78 is 4.58. The SMILES string of the molecule is COC(=O)C(C)CN(C)C(=O)NC(C(=O)O)c1cccs1. The highest BCUT2D eigenvalue weighted by atomic mass is 32.1. The molecule has 2 amide bonds. The summed E-state index contributed by atoms with van der Waals surface area (Å²) in [6, 6.07) is 1.69. The molecule has 0 aliphatic rings. The van der Waals surface area contributed by atoms with Crippen molar-refractivity contribution in [1.82, 2.24) is 10.2 Å². The lowest BCUT2D eigenvalue weighted by atomic mass is 10.2. The van der Waals surface area contributed by atoms with Crippen LogP contribution >= 0.6 is 11.3 Å². The summed E-state index contributed by atoms with van der Waals surface area (Å²) in [5, 5.41) is 13.3. The van der Waals surface area contributed by atoms with Gasteiger partial charge in [0.1, 0.15) is 0 Å². The number of carboxylic acid groups (broad SMARTS) is 1. The Morgan fingerprint density at radius 2 is 2.14 bits per heavy atom. The molecule has 1 rings (SSSR count). The van der Waals surface area contributed by atoms with E-state index in [1.54, 1.807) is 24.4 Å². The van der Waals surface area contributed by atoms with Gasteiger partial charge in [-0.3, -0.25) is 4.79 Å².